The number of carboxylic acids is 2. The summed E-state index contributed by atoms with van der Waals surface area (Å²) < 4.78 is 2.69. The summed E-state index contributed by atoms with van der Waals surface area (Å²) in [4.78, 5) is 27.5. The summed E-state index contributed by atoms with van der Waals surface area (Å²) in [6.45, 7) is 0. The van der Waals surface area contributed by atoms with Crippen molar-refractivity contribution in [2.75, 3.05) is 4.90 Å². The van der Waals surface area contributed by atoms with Gasteiger partial charge in [-0.05, 0) is 101 Å². The molecule has 1 aliphatic carbocycles. The monoisotopic (exact) mass is 616 g/mol. The summed E-state index contributed by atoms with van der Waals surface area (Å²) >= 11 is 0. The minimum absolute atomic E-state index is 0.0523. The first-order valence-corrected chi connectivity index (χ1v) is 19.7. The van der Waals surface area contributed by atoms with Crippen LogP contribution in [0.5, 0.6) is 0 Å². The second kappa shape index (κ2) is 10.1. The number of hydrogen-bond acceptors (Lipinski definition) is 4. The van der Waals surface area contributed by atoms with Crippen LogP contribution in [0.15, 0.2) is 65.4 Å². The standard InChI is InChI=1S/C38H40N2O4Si/c41-37(42)23-4-15-30(38(43)44)33(20-23)36-31-16-13-28(39-24-5-6-25(39)8-7-24)21-34(31)45(18-2-1-3-19-45)35-22-29(14-17-32(35)36)40-26-9-10-27(40)12-11-26/h4,13-17,20-22,24-27H,1-3,5-12,18-19H2,(H-,41,42,43,44). The van der Waals surface area contributed by atoms with Gasteiger partial charge in [-0.2, -0.15) is 0 Å². The summed E-state index contributed by atoms with van der Waals surface area (Å²) in [6, 6.07) is 16.3. The predicted molar refractivity (Wildman–Crippen MR) is 176 cm³/mol. The fourth-order valence-electron chi connectivity index (χ4n) is 10.6. The number of anilines is 1. The third-order valence-corrected chi connectivity index (χ3v) is 17.8. The van der Waals surface area contributed by atoms with Gasteiger partial charge in [0, 0.05) is 61.2 Å². The van der Waals surface area contributed by atoms with E-state index >= 15 is 0 Å². The quantitative estimate of drug-likeness (QED) is 0.370. The molecule has 6 nitrogen and oxygen atoms in total. The lowest BCUT2D eigenvalue weighted by atomic mass is 9.86. The van der Waals surface area contributed by atoms with Crippen molar-refractivity contribution in [2.45, 2.75) is 107 Å². The van der Waals surface area contributed by atoms with Gasteiger partial charge in [0.15, 0.2) is 17.8 Å². The Bertz CT molecular complexity index is 1750. The molecule has 1 N–H and O–H groups in total. The van der Waals surface area contributed by atoms with Gasteiger partial charge in [-0.25, -0.2) is 9.37 Å². The van der Waals surface area contributed by atoms with E-state index in [9.17, 15) is 19.8 Å². The number of benzene rings is 2. The highest BCUT2D eigenvalue weighted by molar-refractivity contribution is 7.00. The highest BCUT2D eigenvalue weighted by Gasteiger charge is 2.50. The van der Waals surface area contributed by atoms with Gasteiger partial charge in [-0.1, -0.05) is 31.4 Å². The number of carbonyl (C=O) groups is 2. The van der Waals surface area contributed by atoms with Crippen LogP contribution < -0.4 is 15.2 Å². The molecule has 0 radical (unpaired) electrons. The van der Waals surface area contributed by atoms with Gasteiger partial charge < -0.3 is 19.9 Å². The first-order valence-electron chi connectivity index (χ1n) is 17.3. The van der Waals surface area contributed by atoms with Crippen LogP contribution in [0.3, 0.4) is 0 Å². The van der Waals surface area contributed by atoms with Gasteiger partial charge in [-0.15, -0.1) is 0 Å². The van der Waals surface area contributed by atoms with E-state index in [-0.39, 0.29) is 11.1 Å². The van der Waals surface area contributed by atoms with E-state index in [0.717, 1.165) is 16.7 Å². The molecule has 6 aliphatic heterocycles. The molecule has 0 atom stereocenters. The van der Waals surface area contributed by atoms with Crippen LogP contribution in [0, 0.1) is 0 Å². The molecule has 0 aromatic heterocycles. The summed E-state index contributed by atoms with van der Waals surface area (Å²) in [7, 11) is -2.23. The molecular weight excluding hydrogens is 577 g/mol. The van der Waals surface area contributed by atoms with Gasteiger partial charge in [0.25, 0.3) is 0 Å². The van der Waals surface area contributed by atoms with Crippen molar-refractivity contribution in [3.05, 3.63) is 87.6 Å². The van der Waals surface area contributed by atoms with Crippen LogP contribution in [0.4, 0.5) is 5.69 Å². The maximum Gasteiger partial charge on any atom is 0.335 e. The molecule has 2 aromatic carbocycles. The molecule has 0 saturated carbocycles. The number of carboxylic acid groups (broad SMARTS) is 2. The minimum Gasteiger partial charge on any atom is -0.545 e. The molecule has 1 spiro atoms. The van der Waals surface area contributed by atoms with E-state index < -0.39 is 20.0 Å². The molecular formula is C38H40N2O4Si. The van der Waals surface area contributed by atoms with E-state index in [2.05, 4.69) is 45.9 Å². The SMILES string of the molecule is O=C(O)c1ccc(C(=O)[O-])c(C2=C3C=CC(=[N+]4C5CCC4CC5)C=C3[Si]3(CCCCC3)c3cc(N4C5CCC4CC5)ccc32)c1. The van der Waals surface area contributed by atoms with Crippen LogP contribution in [0.25, 0.3) is 5.57 Å². The van der Waals surface area contributed by atoms with E-state index in [0.29, 0.717) is 29.7 Å². The maximum atomic E-state index is 12.6. The van der Waals surface area contributed by atoms with E-state index in [4.69, 9.17) is 0 Å². The Kier molecular flexibility index (Phi) is 6.22. The van der Waals surface area contributed by atoms with Crippen molar-refractivity contribution in [1.82, 2.24) is 0 Å². The molecule has 4 bridgehead atoms. The maximum absolute atomic E-state index is 12.6. The highest BCUT2D eigenvalue weighted by Crippen LogP contribution is 2.49. The summed E-state index contributed by atoms with van der Waals surface area (Å²) in [6.07, 6.45) is 20.9. The third kappa shape index (κ3) is 4.01. The highest BCUT2D eigenvalue weighted by atomic mass is 28.3. The van der Waals surface area contributed by atoms with Crippen molar-refractivity contribution in [2.24, 2.45) is 0 Å². The number of aromatic carboxylic acids is 2. The molecule has 0 unspecified atom stereocenters. The molecule has 45 heavy (non-hydrogen) atoms. The van der Waals surface area contributed by atoms with Crippen LogP contribution in [-0.4, -0.2) is 59.6 Å². The average Bonchev–Trinajstić information content (AvgIpc) is 3.87. The first kappa shape index (κ1) is 27.6. The molecule has 7 heteroatoms. The zero-order valence-electron chi connectivity index (χ0n) is 25.8. The van der Waals surface area contributed by atoms with Gasteiger partial charge >= 0.3 is 5.97 Å². The van der Waals surface area contributed by atoms with Crippen molar-refractivity contribution in [3.63, 3.8) is 0 Å². The predicted octanol–water partition coefficient (Wildman–Crippen LogP) is 5.35. The number of rotatable bonds is 4. The lowest BCUT2D eigenvalue weighted by Crippen LogP contribution is -2.56. The number of fused-ring (bicyclic) bond motifs is 8. The first-order chi connectivity index (χ1) is 21.9. The third-order valence-electron chi connectivity index (χ3n) is 12.5. The van der Waals surface area contributed by atoms with Crippen molar-refractivity contribution >= 4 is 42.2 Å². The molecule has 9 rings (SSSR count). The Morgan fingerprint density at radius 2 is 1.51 bits per heavy atom. The van der Waals surface area contributed by atoms with Crippen LogP contribution in [0.1, 0.15) is 102 Å². The molecule has 0 amide bonds. The van der Waals surface area contributed by atoms with Crippen LogP contribution >= 0.6 is 0 Å². The van der Waals surface area contributed by atoms with Crippen molar-refractivity contribution < 1.29 is 24.4 Å². The number of hydrogen-bond donors (Lipinski definition) is 1. The van der Waals surface area contributed by atoms with Gasteiger partial charge in [0.1, 0.15) is 8.07 Å². The second-order valence-corrected chi connectivity index (χ2v) is 18.8. The fraction of sp³-hybridized carbons (Fsp3) is 0.447. The summed E-state index contributed by atoms with van der Waals surface area (Å²) in [5, 5.41) is 25.4. The number of allylic oxidation sites excluding steroid dienone is 5. The average molecular weight is 617 g/mol. The zero-order chi connectivity index (χ0) is 30.4. The Hall–Kier alpha value is -3.71. The number of nitrogens with zero attached hydrogens (tertiary/aromatic N) is 2. The lowest BCUT2D eigenvalue weighted by molar-refractivity contribution is -0.554. The summed E-state index contributed by atoms with van der Waals surface area (Å²) in [5.74, 6) is -2.33. The summed E-state index contributed by atoms with van der Waals surface area (Å²) in [5.41, 5.74) is 6.32. The second-order valence-electron chi connectivity index (χ2n) is 14.6. The van der Waals surface area contributed by atoms with Crippen LogP contribution in [0.2, 0.25) is 12.1 Å². The molecule has 6 heterocycles. The van der Waals surface area contributed by atoms with Gasteiger partial charge in [0.05, 0.1) is 11.5 Å². The molecule has 5 saturated heterocycles. The molecule has 7 aliphatic rings. The zero-order valence-corrected chi connectivity index (χ0v) is 26.8. The molecule has 2 aromatic rings. The van der Waals surface area contributed by atoms with Gasteiger partial charge in [-0.3, -0.25) is 0 Å². The molecule has 230 valence electrons. The van der Waals surface area contributed by atoms with E-state index in [1.165, 1.54) is 117 Å². The Morgan fingerprint density at radius 1 is 0.822 bits per heavy atom. The fourth-order valence-corrected chi connectivity index (χ4v) is 16.2. The minimum atomic E-state index is -2.23. The van der Waals surface area contributed by atoms with Gasteiger partial charge in [0.2, 0.25) is 0 Å². The topological polar surface area (TPSA) is 83.7 Å². The Morgan fingerprint density at radius 3 is 2.16 bits per heavy atom. The van der Waals surface area contributed by atoms with Crippen molar-refractivity contribution in [1.29, 1.82) is 0 Å². The van der Waals surface area contributed by atoms with E-state index in [1.54, 1.807) is 6.07 Å². The Labute approximate surface area is 265 Å². The lowest BCUT2D eigenvalue weighted by Gasteiger charge is -2.45. The van der Waals surface area contributed by atoms with Crippen LogP contribution in [-0.2, 0) is 0 Å². The van der Waals surface area contributed by atoms with Crippen molar-refractivity contribution in [3.8, 4) is 0 Å². The van der Waals surface area contributed by atoms with E-state index in [1.807, 2.05) is 0 Å². The molecule has 5 fully saturated rings. The number of carbonyl (C=O) groups excluding carboxylic acids is 1. The normalized spacial score (nSPS) is 29.0. The largest absolute Gasteiger partial charge is 0.545 e. The Balaban J connectivity index is 1.34. The smallest absolute Gasteiger partial charge is 0.335 e.